The van der Waals surface area contributed by atoms with Gasteiger partial charge in [-0.2, -0.15) is 0 Å². The predicted molar refractivity (Wildman–Crippen MR) is 36.2 cm³/mol. The minimum absolute atomic E-state index is 0.238. The minimum atomic E-state index is -0.609. The van der Waals surface area contributed by atoms with E-state index in [9.17, 15) is 14.5 Å². The van der Waals surface area contributed by atoms with Gasteiger partial charge >= 0.3 is 79.1 Å². The molecule has 1 rings (SSSR count). The molecule has 6 heteroatoms. The molecule has 0 aliphatic carbocycles. The fraction of sp³-hybridized carbons (Fsp3) is 0. The van der Waals surface area contributed by atoms with Crippen LogP contribution in [0.15, 0.2) is 12.3 Å². The SMILES string of the molecule is O=[N+]([O-])c1ncc(F)c[c]1[Na]. The van der Waals surface area contributed by atoms with Crippen LogP contribution in [0.3, 0.4) is 0 Å². The third-order valence-corrected chi connectivity index (χ3v) is 1.93. The normalized spacial score (nSPS) is 9.73. The Morgan fingerprint density at radius 2 is 2.36 bits per heavy atom. The molecule has 52 valence electrons. The summed E-state index contributed by atoms with van der Waals surface area (Å²) in [6, 6.07) is 1.14. The van der Waals surface area contributed by atoms with Gasteiger partial charge in [0.2, 0.25) is 0 Å². The molecule has 0 atom stereocenters. The molecule has 0 spiro atoms. The average molecular weight is 164 g/mol. The molecule has 0 radical (unpaired) electrons. The summed E-state index contributed by atoms with van der Waals surface area (Å²) in [7, 11) is 0. The molecule has 0 aliphatic heterocycles. The second-order valence-corrected chi connectivity index (χ2v) is 3.13. The zero-order chi connectivity index (χ0) is 8.43. The molecule has 0 saturated carbocycles. The van der Waals surface area contributed by atoms with Crippen molar-refractivity contribution < 1.29 is 9.31 Å². The molecule has 0 fully saturated rings. The van der Waals surface area contributed by atoms with Crippen molar-refractivity contribution in [2.24, 2.45) is 0 Å². The van der Waals surface area contributed by atoms with Gasteiger partial charge in [0.25, 0.3) is 0 Å². The first-order valence-electron chi connectivity index (χ1n) is 2.88. The summed E-state index contributed by atoms with van der Waals surface area (Å²) in [5.74, 6) is -0.765. The summed E-state index contributed by atoms with van der Waals surface area (Å²) in [5.41, 5.74) is 0. The first kappa shape index (κ1) is 8.58. The molecular weight excluding hydrogens is 162 g/mol. The van der Waals surface area contributed by atoms with Gasteiger partial charge in [0.15, 0.2) is 0 Å². The van der Waals surface area contributed by atoms with Gasteiger partial charge in [-0.3, -0.25) is 0 Å². The van der Waals surface area contributed by atoms with E-state index < -0.39 is 10.7 Å². The van der Waals surface area contributed by atoms with Crippen molar-refractivity contribution in [2.45, 2.75) is 0 Å². The van der Waals surface area contributed by atoms with Crippen molar-refractivity contribution in [3.63, 3.8) is 0 Å². The number of aromatic nitrogens is 1. The molecule has 0 aromatic carbocycles. The topological polar surface area (TPSA) is 56.0 Å². The van der Waals surface area contributed by atoms with Gasteiger partial charge in [0.05, 0.1) is 0 Å². The van der Waals surface area contributed by atoms with E-state index in [1.54, 1.807) is 0 Å². The summed E-state index contributed by atoms with van der Waals surface area (Å²) in [6.07, 6.45) is 0.847. The van der Waals surface area contributed by atoms with Gasteiger partial charge in [-0.1, -0.05) is 0 Å². The summed E-state index contributed by atoms with van der Waals surface area (Å²) in [4.78, 5) is 12.9. The van der Waals surface area contributed by atoms with Gasteiger partial charge in [0.1, 0.15) is 0 Å². The van der Waals surface area contributed by atoms with Crippen molar-refractivity contribution in [3.05, 3.63) is 28.2 Å². The molecular formula is C5H2FN2NaO2. The Kier molecular flexibility index (Phi) is 2.53. The van der Waals surface area contributed by atoms with E-state index in [4.69, 9.17) is 0 Å². The standard InChI is InChI=1S/C5H2FN2O2.Na/c6-4-1-2-5(7-3-4)8(9)10;/h1,3H;. The van der Waals surface area contributed by atoms with Crippen LogP contribution < -0.4 is 2.81 Å². The number of hydrogen-bond donors (Lipinski definition) is 0. The number of halogens is 1. The van der Waals surface area contributed by atoms with Crippen LogP contribution in [0, 0.1) is 15.9 Å². The first-order valence-corrected chi connectivity index (χ1v) is 3.88. The monoisotopic (exact) mass is 164 g/mol. The Morgan fingerprint density at radius 1 is 1.73 bits per heavy atom. The number of hydrogen-bond acceptors (Lipinski definition) is 3. The summed E-state index contributed by atoms with van der Waals surface area (Å²) in [6.45, 7) is 0. The Morgan fingerprint density at radius 3 is 2.82 bits per heavy atom. The van der Waals surface area contributed by atoms with Gasteiger partial charge < -0.3 is 0 Å². The zero-order valence-corrected chi connectivity index (χ0v) is 7.74. The maximum atomic E-state index is 12.3. The average Bonchev–Trinajstić information content (AvgIpc) is 1.85. The van der Waals surface area contributed by atoms with Crippen LogP contribution in [0.2, 0.25) is 0 Å². The fourth-order valence-corrected chi connectivity index (χ4v) is 1.31. The van der Waals surface area contributed by atoms with Crippen LogP contribution in [0.25, 0.3) is 0 Å². The van der Waals surface area contributed by atoms with Crippen LogP contribution in [-0.4, -0.2) is 37.8 Å². The Balaban J connectivity index is 3.20. The van der Waals surface area contributed by atoms with Gasteiger partial charge in [-0.05, 0) is 0 Å². The maximum absolute atomic E-state index is 12.3. The molecule has 1 heterocycles. The molecule has 11 heavy (non-hydrogen) atoms. The Bertz CT molecular complexity index is 305. The molecule has 0 bridgehead atoms. The second-order valence-electron chi connectivity index (χ2n) is 2.05. The Labute approximate surface area is 79.0 Å². The molecule has 0 saturated heterocycles. The van der Waals surface area contributed by atoms with E-state index >= 15 is 0 Å². The molecule has 0 aliphatic rings. The quantitative estimate of drug-likeness (QED) is 0.331. The molecule has 0 N–H and O–H groups in total. The molecule has 4 nitrogen and oxygen atoms in total. The van der Waals surface area contributed by atoms with Crippen molar-refractivity contribution >= 4 is 36.6 Å². The van der Waals surface area contributed by atoms with Crippen LogP contribution in [-0.2, 0) is 0 Å². The van der Waals surface area contributed by atoms with Crippen LogP contribution in [0.5, 0.6) is 0 Å². The molecule has 1 aromatic heterocycles. The van der Waals surface area contributed by atoms with E-state index in [2.05, 4.69) is 4.98 Å². The van der Waals surface area contributed by atoms with E-state index in [-0.39, 0.29) is 5.82 Å². The number of nitrogens with zero attached hydrogens (tertiary/aromatic N) is 2. The van der Waals surface area contributed by atoms with E-state index in [1.165, 1.54) is 0 Å². The molecule has 1 aromatic rings. The van der Waals surface area contributed by atoms with E-state index in [1.807, 2.05) is 0 Å². The van der Waals surface area contributed by atoms with E-state index in [0.29, 0.717) is 30.7 Å². The number of rotatable bonds is 1. The van der Waals surface area contributed by atoms with Crippen LogP contribution in [0.1, 0.15) is 0 Å². The zero-order valence-electron chi connectivity index (χ0n) is 5.74. The summed E-state index contributed by atoms with van der Waals surface area (Å²) >= 11 is 0.428. The van der Waals surface area contributed by atoms with Crippen LogP contribution in [0.4, 0.5) is 10.2 Å². The third kappa shape index (κ3) is 1.95. The summed E-state index contributed by atoms with van der Waals surface area (Å²) in [5, 5.41) is 10.2. The first-order chi connectivity index (χ1) is 5.11. The molecule has 0 amide bonds. The third-order valence-electron chi connectivity index (χ3n) is 1.19. The van der Waals surface area contributed by atoms with E-state index in [0.717, 1.165) is 12.3 Å². The predicted octanol–water partition coefficient (Wildman–Crippen LogP) is -0.0773. The van der Waals surface area contributed by atoms with Crippen molar-refractivity contribution in [2.75, 3.05) is 0 Å². The van der Waals surface area contributed by atoms with Crippen molar-refractivity contribution in [1.29, 1.82) is 0 Å². The van der Waals surface area contributed by atoms with Gasteiger partial charge in [-0.25, -0.2) is 0 Å². The second kappa shape index (κ2) is 3.25. The van der Waals surface area contributed by atoms with Crippen molar-refractivity contribution in [3.8, 4) is 0 Å². The van der Waals surface area contributed by atoms with Gasteiger partial charge in [0, 0.05) is 0 Å². The van der Waals surface area contributed by atoms with Crippen LogP contribution >= 0.6 is 0 Å². The fourth-order valence-electron chi connectivity index (χ4n) is 0.724. The number of nitro groups is 1. The molecule has 0 unspecified atom stereocenters. The Hall–Kier alpha value is -0.520. The van der Waals surface area contributed by atoms with Crippen molar-refractivity contribution in [1.82, 2.24) is 4.98 Å². The number of pyridine rings is 1. The van der Waals surface area contributed by atoms with Gasteiger partial charge in [-0.15, -0.1) is 0 Å². The summed E-state index contributed by atoms with van der Waals surface area (Å²) < 4.78 is 12.7.